The summed E-state index contributed by atoms with van der Waals surface area (Å²) in [6, 6.07) is 13.4. The summed E-state index contributed by atoms with van der Waals surface area (Å²) >= 11 is 0. The highest BCUT2D eigenvalue weighted by Gasteiger charge is 2.20. The third-order valence-corrected chi connectivity index (χ3v) is 5.26. The van der Waals surface area contributed by atoms with Gasteiger partial charge in [-0.05, 0) is 24.3 Å². The molecule has 1 N–H and O–H groups in total. The maximum Gasteiger partial charge on any atom is 0.148 e. The maximum absolute atomic E-state index is 12.3. The molecule has 2 heterocycles. The summed E-state index contributed by atoms with van der Waals surface area (Å²) in [7, 11) is -0.946. The molecule has 2 atom stereocenters. The van der Waals surface area contributed by atoms with Crippen LogP contribution in [-0.2, 0) is 15.5 Å². The number of anilines is 1. The van der Waals surface area contributed by atoms with Gasteiger partial charge in [0.1, 0.15) is 5.82 Å². The molecule has 1 aromatic heterocycles. The van der Waals surface area contributed by atoms with Crippen LogP contribution in [0.5, 0.6) is 0 Å². The Morgan fingerprint density at radius 1 is 1.25 bits per heavy atom. The molecule has 7 heteroatoms. The minimum absolute atomic E-state index is 0.103. The first kappa shape index (κ1) is 17.0. The summed E-state index contributed by atoms with van der Waals surface area (Å²) in [6.45, 7) is 3.92. The lowest BCUT2D eigenvalue weighted by molar-refractivity contribution is -0.0189. The molecule has 0 saturated carbocycles. The van der Waals surface area contributed by atoms with Crippen LogP contribution >= 0.6 is 0 Å². The summed E-state index contributed by atoms with van der Waals surface area (Å²) in [4.78, 5) is 3.21. The lowest BCUT2D eigenvalue weighted by atomic mass is 10.2. The first-order valence-corrected chi connectivity index (χ1v) is 9.42. The molecule has 6 nitrogen and oxygen atoms in total. The van der Waals surface area contributed by atoms with Gasteiger partial charge in [-0.1, -0.05) is 18.2 Å². The topological polar surface area (TPSA) is 67.3 Å². The average molecular weight is 346 g/mol. The predicted molar refractivity (Wildman–Crippen MR) is 94.4 cm³/mol. The molecule has 1 aliphatic rings. The molecule has 1 aliphatic heterocycles. The van der Waals surface area contributed by atoms with E-state index in [9.17, 15) is 4.21 Å². The van der Waals surface area contributed by atoms with Crippen molar-refractivity contribution in [3.63, 3.8) is 0 Å². The van der Waals surface area contributed by atoms with Gasteiger partial charge in [-0.3, -0.25) is 9.11 Å². The van der Waals surface area contributed by atoms with Crippen molar-refractivity contribution in [2.24, 2.45) is 0 Å². The lowest BCUT2D eigenvalue weighted by Crippen LogP contribution is -2.46. The third kappa shape index (κ3) is 5.09. The summed E-state index contributed by atoms with van der Waals surface area (Å²) in [5, 5.41) is 11.1. The monoisotopic (exact) mass is 346 g/mol. The largest absolute Gasteiger partial charge is 0.374 e. The van der Waals surface area contributed by atoms with Crippen LogP contribution in [0.3, 0.4) is 0 Å². The first-order valence-electron chi connectivity index (χ1n) is 8.10. The second kappa shape index (κ2) is 8.86. The van der Waals surface area contributed by atoms with Gasteiger partial charge in [0.25, 0.3) is 0 Å². The van der Waals surface area contributed by atoms with E-state index in [1.807, 2.05) is 42.5 Å². The SMILES string of the molecule is O=S(CCN1CCOC(CNc2cccnn2)C1)c1ccccc1. The molecule has 0 amide bonds. The van der Waals surface area contributed by atoms with Crippen LogP contribution in [0.4, 0.5) is 5.82 Å². The van der Waals surface area contributed by atoms with E-state index in [-0.39, 0.29) is 6.10 Å². The molecule has 1 aromatic carbocycles. The molecule has 0 radical (unpaired) electrons. The second-order valence-electron chi connectivity index (χ2n) is 5.65. The molecule has 128 valence electrons. The molecule has 1 fully saturated rings. The number of hydrogen-bond acceptors (Lipinski definition) is 6. The van der Waals surface area contributed by atoms with Gasteiger partial charge in [0, 0.05) is 43.0 Å². The molecule has 24 heavy (non-hydrogen) atoms. The Kier molecular flexibility index (Phi) is 6.28. The Balaban J connectivity index is 1.43. The molecule has 2 unspecified atom stereocenters. The van der Waals surface area contributed by atoms with Crippen molar-refractivity contribution in [1.29, 1.82) is 0 Å². The highest BCUT2D eigenvalue weighted by molar-refractivity contribution is 7.85. The van der Waals surface area contributed by atoms with Crippen molar-refractivity contribution in [3.05, 3.63) is 48.7 Å². The zero-order chi connectivity index (χ0) is 16.6. The zero-order valence-corrected chi connectivity index (χ0v) is 14.3. The van der Waals surface area contributed by atoms with Crippen LogP contribution < -0.4 is 5.32 Å². The predicted octanol–water partition coefficient (Wildman–Crippen LogP) is 1.40. The molecule has 0 spiro atoms. The van der Waals surface area contributed by atoms with Gasteiger partial charge in [-0.2, -0.15) is 5.10 Å². The average Bonchev–Trinajstić information content (AvgIpc) is 2.66. The highest BCUT2D eigenvalue weighted by Crippen LogP contribution is 2.09. The Bertz CT molecular complexity index is 642. The van der Waals surface area contributed by atoms with Crippen molar-refractivity contribution >= 4 is 16.6 Å². The molecule has 3 rings (SSSR count). The van der Waals surface area contributed by atoms with Crippen LogP contribution in [0.25, 0.3) is 0 Å². The fourth-order valence-electron chi connectivity index (χ4n) is 2.62. The summed E-state index contributed by atoms with van der Waals surface area (Å²) in [5.74, 6) is 1.40. The number of benzene rings is 1. The van der Waals surface area contributed by atoms with E-state index in [0.29, 0.717) is 18.9 Å². The second-order valence-corrected chi connectivity index (χ2v) is 7.22. The molecule has 1 saturated heterocycles. The minimum Gasteiger partial charge on any atom is -0.374 e. The maximum atomic E-state index is 12.3. The van der Waals surface area contributed by atoms with E-state index in [1.54, 1.807) is 6.20 Å². The molecular weight excluding hydrogens is 324 g/mol. The van der Waals surface area contributed by atoms with Crippen molar-refractivity contribution in [2.75, 3.05) is 43.9 Å². The number of nitrogens with one attached hydrogen (secondary N) is 1. The van der Waals surface area contributed by atoms with Crippen LogP contribution in [-0.4, -0.2) is 63.9 Å². The molecule has 0 bridgehead atoms. The molecule has 0 aliphatic carbocycles. The van der Waals surface area contributed by atoms with Gasteiger partial charge in [0.05, 0.1) is 23.5 Å². The van der Waals surface area contributed by atoms with Crippen molar-refractivity contribution in [3.8, 4) is 0 Å². The Morgan fingerprint density at radius 3 is 2.92 bits per heavy atom. The van der Waals surface area contributed by atoms with Gasteiger partial charge in [0.15, 0.2) is 0 Å². The third-order valence-electron chi connectivity index (χ3n) is 3.91. The summed E-state index contributed by atoms with van der Waals surface area (Å²) in [5.41, 5.74) is 0. The van der Waals surface area contributed by atoms with Gasteiger partial charge in [0.2, 0.25) is 0 Å². The van der Waals surface area contributed by atoms with Gasteiger partial charge < -0.3 is 10.1 Å². The Morgan fingerprint density at radius 2 is 2.12 bits per heavy atom. The number of hydrogen-bond donors (Lipinski definition) is 1. The number of ether oxygens (including phenoxy) is 1. The lowest BCUT2D eigenvalue weighted by Gasteiger charge is -2.32. The fourth-order valence-corrected chi connectivity index (χ4v) is 3.74. The van der Waals surface area contributed by atoms with E-state index in [4.69, 9.17) is 4.74 Å². The molecule has 2 aromatic rings. The minimum atomic E-state index is -0.946. The summed E-state index contributed by atoms with van der Waals surface area (Å²) < 4.78 is 18.1. The van der Waals surface area contributed by atoms with Crippen LogP contribution in [0, 0.1) is 0 Å². The van der Waals surface area contributed by atoms with Gasteiger partial charge in [-0.25, -0.2) is 0 Å². The van der Waals surface area contributed by atoms with E-state index in [1.165, 1.54) is 0 Å². The van der Waals surface area contributed by atoms with E-state index < -0.39 is 10.8 Å². The number of aromatic nitrogens is 2. The smallest absolute Gasteiger partial charge is 0.148 e. The van der Waals surface area contributed by atoms with Crippen LogP contribution in [0.1, 0.15) is 0 Å². The number of morpholine rings is 1. The first-order chi connectivity index (χ1) is 11.8. The van der Waals surface area contributed by atoms with E-state index in [2.05, 4.69) is 20.4 Å². The fraction of sp³-hybridized carbons (Fsp3) is 0.412. The van der Waals surface area contributed by atoms with E-state index in [0.717, 1.165) is 30.3 Å². The van der Waals surface area contributed by atoms with Gasteiger partial charge >= 0.3 is 0 Å². The van der Waals surface area contributed by atoms with Gasteiger partial charge in [-0.15, -0.1) is 5.10 Å². The number of rotatable bonds is 7. The summed E-state index contributed by atoms with van der Waals surface area (Å²) in [6.07, 6.45) is 1.75. The quantitative estimate of drug-likeness (QED) is 0.817. The molecular formula is C17H22N4O2S. The number of nitrogens with zero attached hydrogens (tertiary/aromatic N) is 3. The Hall–Kier alpha value is -1.83. The van der Waals surface area contributed by atoms with Crippen molar-refractivity contribution < 1.29 is 8.95 Å². The van der Waals surface area contributed by atoms with Crippen LogP contribution in [0.15, 0.2) is 53.6 Å². The normalized spacial score (nSPS) is 19.8. The zero-order valence-electron chi connectivity index (χ0n) is 13.5. The van der Waals surface area contributed by atoms with E-state index >= 15 is 0 Å². The highest BCUT2D eigenvalue weighted by atomic mass is 32.2. The van der Waals surface area contributed by atoms with Crippen molar-refractivity contribution in [1.82, 2.24) is 15.1 Å². The standard InChI is InChI=1S/C17H22N4O2S/c22-24(16-5-2-1-3-6-16)12-10-21-9-11-23-15(14-21)13-18-17-7-4-8-19-20-17/h1-8,15H,9-14H2,(H,18,20). The van der Waals surface area contributed by atoms with Crippen LogP contribution in [0.2, 0.25) is 0 Å². The van der Waals surface area contributed by atoms with Crippen molar-refractivity contribution in [2.45, 2.75) is 11.0 Å². The Labute approximate surface area is 144 Å².